The van der Waals surface area contributed by atoms with Gasteiger partial charge in [0.25, 0.3) is 0 Å². The zero-order valence-corrected chi connectivity index (χ0v) is 4.99. The van der Waals surface area contributed by atoms with E-state index in [4.69, 9.17) is 0 Å². The fourth-order valence-corrected chi connectivity index (χ4v) is 0.371. The Morgan fingerprint density at radius 2 is 2.12 bits per heavy atom. The van der Waals surface area contributed by atoms with Gasteiger partial charge in [-0.1, -0.05) is 0 Å². The molecule has 8 heavy (non-hydrogen) atoms. The van der Waals surface area contributed by atoms with Gasteiger partial charge in [-0.3, -0.25) is 0 Å². The van der Waals surface area contributed by atoms with E-state index in [1.807, 2.05) is 0 Å². The molecule has 0 N–H and O–H groups in total. The fourth-order valence-electron chi connectivity index (χ4n) is 0.371. The molecule has 0 nitrogen and oxygen atoms in total. The molecule has 0 aromatic heterocycles. The number of rotatable bonds is 0. The molecule has 0 saturated heterocycles. The molecule has 1 aromatic rings. The van der Waals surface area contributed by atoms with E-state index in [0.29, 0.717) is 0 Å². The topological polar surface area (TPSA) is 0 Å². The van der Waals surface area contributed by atoms with Crippen molar-refractivity contribution in [2.45, 2.75) is 0 Å². The van der Waals surface area contributed by atoms with Crippen LogP contribution in [0.15, 0.2) is 24.3 Å². The van der Waals surface area contributed by atoms with Gasteiger partial charge < -0.3 is 0 Å². The number of hydrogen-bond acceptors (Lipinski definition) is 0. The van der Waals surface area contributed by atoms with Crippen molar-refractivity contribution in [3.05, 3.63) is 36.1 Å². The second-order valence-electron chi connectivity index (χ2n) is 1.21. The van der Waals surface area contributed by atoms with Crippen LogP contribution in [0.25, 0.3) is 0 Å². The van der Waals surface area contributed by atoms with Crippen LogP contribution in [0.3, 0.4) is 0 Å². The normalized spacial score (nSPS) is 7.62. The maximum atomic E-state index is 11.9. The quantitative estimate of drug-likeness (QED) is 0.393. The van der Waals surface area contributed by atoms with E-state index in [-0.39, 0.29) is 22.3 Å². The maximum Gasteiger partial charge on any atom is 0.0108 e. The second-order valence-corrected chi connectivity index (χ2v) is 1.21. The summed E-state index contributed by atoms with van der Waals surface area (Å²) in [5.41, 5.74) is 0. The van der Waals surface area contributed by atoms with Crippen LogP contribution in [0.4, 0.5) is 4.39 Å². The molecule has 0 radical (unpaired) electrons. The molecular formula is C6H4FNi-. The van der Waals surface area contributed by atoms with Crippen molar-refractivity contribution in [3.63, 3.8) is 0 Å². The molecule has 46 valence electrons. The molecule has 0 bridgehead atoms. The molecule has 0 aliphatic heterocycles. The van der Waals surface area contributed by atoms with Crippen LogP contribution >= 0.6 is 0 Å². The predicted molar refractivity (Wildman–Crippen MR) is 25.2 cm³/mol. The van der Waals surface area contributed by atoms with Crippen LogP contribution in [0.5, 0.6) is 0 Å². The van der Waals surface area contributed by atoms with E-state index in [2.05, 4.69) is 6.07 Å². The van der Waals surface area contributed by atoms with E-state index in [1.165, 1.54) is 12.1 Å². The minimum Gasteiger partial charge on any atom is -0.236 e. The first-order valence-corrected chi connectivity index (χ1v) is 2.02. The molecule has 2 heteroatoms. The van der Waals surface area contributed by atoms with Crippen LogP contribution < -0.4 is 0 Å². The third kappa shape index (κ3) is 2.08. The van der Waals surface area contributed by atoms with Crippen LogP contribution in [0, 0.1) is 11.9 Å². The molecule has 0 fully saturated rings. The molecule has 1 rings (SSSR count). The van der Waals surface area contributed by atoms with Crippen molar-refractivity contribution in [1.82, 2.24) is 0 Å². The molecule has 0 atom stereocenters. The second kappa shape index (κ2) is 3.62. The Balaban J connectivity index is 0.000000490. The third-order valence-electron chi connectivity index (χ3n) is 0.671. The van der Waals surface area contributed by atoms with Gasteiger partial charge in [-0.25, -0.2) is 4.39 Å². The van der Waals surface area contributed by atoms with Gasteiger partial charge in [0.2, 0.25) is 0 Å². The first-order chi connectivity index (χ1) is 3.39. The van der Waals surface area contributed by atoms with Crippen molar-refractivity contribution in [2.24, 2.45) is 0 Å². The molecule has 0 aliphatic carbocycles. The van der Waals surface area contributed by atoms with Gasteiger partial charge >= 0.3 is 0 Å². The van der Waals surface area contributed by atoms with Crippen LogP contribution in [0.2, 0.25) is 0 Å². The third-order valence-corrected chi connectivity index (χ3v) is 0.671. The standard InChI is InChI=1S/C6H4F.Ni/c7-6-4-2-1-3-5-6;/h1-4H;/q-1;. The van der Waals surface area contributed by atoms with Gasteiger partial charge in [0.1, 0.15) is 0 Å². The van der Waals surface area contributed by atoms with E-state index < -0.39 is 0 Å². The Hall–Kier alpha value is -0.356. The minimum atomic E-state index is -0.303. The van der Waals surface area contributed by atoms with Crippen LogP contribution in [0.1, 0.15) is 0 Å². The molecule has 0 aliphatic rings. The van der Waals surface area contributed by atoms with Gasteiger partial charge in [0.05, 0.1) is 0 Å². The summed E-state index contributed by atoms with van der Waals surface area (Å²) < 4.78 is 11.9. The van der Waals surface area contributed by atoms with Crippen molar-refractivity contribution in [2.75, 3.05) is 0 Å². The summed E-state index contributed by atoms with van der Waals surface area (Å²) in [5.74, 6) is -0.303. The molecule has 0 heterocycles. The fraction of sp³-hybridized carbons (Fsp3) is 0. The average Bonchev–Trinajstić information content (AvgIpc) is 1.69. The molecular weight excluding hydrogens is 150 g/mol. The molecule has 0 saturated carbocycles. The van der Waals surface area contributed by atoms with Gasteiger partial charge in [-0.05, 0) is 0 Å². The summed E-state index contributed by atoms with van der Waals surface area (Å²) in [6.45, 7) is 0. The predicted octanol–water partition coefficient (Wildman–Crippen LogP) is 1.62. The Morgan fingerprint density at radius 1 is 1.38 bits per heavy atom. The van der Waals surface area contributed by atoms with Crippen molar-refractivity contribution >= 4 is 0 Å². The van der Waals surface area contributed by atoms with Crippen molar-refractivity contribution in [1.29, 1.82) is 0 Å². The molecule has 0 amide bonds. The zero-order chi connectivity index (χ0) is 5.11. The Labute approximate surface area is 57.6 Å². The Bertz CT molecular complexity index is 138. The number of benzene rings is 1. The van der Waals surface area contributed by atoms with Gasteiger partial charge in [0.15, 0.2) is 0 Å². The summed E-state index contributed by atoms with van der Waals surface area (Å²) in [5, 5.41) is 0. The summed E-state index contributed by atoms with van der Waals surface area (Å²) in [7, 11) is 0. The van der Waals surface area contributed by atoms with E-state index in [9.17, 15) is 4.39 Å². The van der Waals surface area contributed by atoms with Crippen molar-refractivity contribution in [3.8, 4) is 0 Å². The molecule has 0 spiro atoms. The van der Waals surface area contributed by atoms with Gasteiger partial charge in [0, 0.05) is 22.3 Å². The summed E-state index contributed by atoms with van der Waals surface area (Å²) in [6.07, 6.45) is 0. The summed E-state index contributed by atoms with van der Waals surface area (Å²) in [6, 6.07) is 8.62. The van der Waals surface area contributed by atoms with E-state index in [0.717, 1.165) is 0 Å². The molecule has 1 aromatic carbocycles. The minimum absolute atomic E-state index is 0. The Kier molecular flexibility index (Phi) is 3.46. The van der Waals surface area contributed by atoms with E-state index >= 15 is 0 Å². The smallest absolute Gasteiger partial charge is 0.0108 e. The maximum absolute atomic E-state index is 11.9. The first kappa shape index (κ1) is 7.64. The number of hydrogen-bond donors (Lipinski definition) is 0. The largest absolute Gasteiger partial charge is 0.236 e. The summed E-state index contributed by atoms with van der Waals surface area (Å²) >= 11 is 0. The Morgan fingerprint density at radius 3 is 2.38 bits per heavy atom. The van der Waals surface area contributed by atoms with Crippen LogP contribution in [-0.4, -0.2) is 0 Å². The van der Waals surface area contributed by atoms with Crippen LogP contribution in [-0.2, 0) is 16.5 Å². The van der Waals surface area contributed by atoms with Gasteiger partial charge in [-0.15, -0.1) is 12.1 Å². The SMILES string of the molecule is Fc1[c-]cccc1.[Ni]. The van der Waals surface area contributed by atoms with Crippen molar-refractivity contribution < 1.29 is 20.9 Å². The molecule has 0 unspecified atom stereocenters. The monoisotopic (exact) mass is 153 g/mol. The average molecular weight is 154 g/mol. The van der Waals surface area contributed by atoms with Gasteiger partial charge in [-0.2, -0.15) is 18.2 Å². The summed E-state index contributed by atoms with van der Waals surface area (Å²) in [4.78, 5) is 0. The zero-order valence-electron chi connectivity index (χ0n) is 4.00. The van der Waals surface area contributed by atoms with E-state index in [1.54, 1.807) is 12.1 Å². The first-order valence-electron chi connectivity index (χ1n) is 2.02. The number of halogens is 1.